The van der Waals surface area contributed by atoms with Gasteiger partial charge in [0.25, 0.3) is 5.56 Å². The van der Waals surface area contributed by atoms with Crippen LogP contribution in [0.15, 0.2) is 47.4 Å². The number of nitrogens with zero attached hydrogens (tertiary/aromatic N) is 4. The molecule has 4 rings (SSSR count). The second-order valence-electron chi connectivity index (χ2n) is 6.04. The van der Waals surface area contributed by atoms with Gasteiger partial charge in [-0.15, -0.1) is 0 Å². The Kier molecular flexibility index (Phi) is 3.84. The van der Waals surface area contributed by atoms with Gasteiger partial charge in [0.2, 0.25) is 0 Å². The number of hydrogen-bond acceptors (Lipinski definition) is 4. The number of ether oxygens (including phenoxy) is 1. The Balaban J connectivity index is 1.86. The highest BCUT2D eigenvalue weighted by atomic mass is 16.5. The average molecular weight is 349 g/mol. The molecular weight excluding hydrogens is 330 g/mol. The first-order valence-corrected chi connectivity index (χ1v) is 8.41. The Morgan fingerprint density at radius 1 is 1.15 bits per heavy atom. The number of hydrogen-bond donors (Lipinski definition) is 1. The highest BCUT2D eigenvalue weighted by Crippen LogP contribution is 2.26. The van der Waals surface area contributed by atoms with E-state index in [0.717, 1.165) is 29.1 Å². The molecule has 0 atom stereocenters. The van der Waals surface area contributed by atoms with Crippen molar-refractivity contribution in [1.29, 1.82) is 0 Å². The second kappa shape index (κ2) is 6.18. The fourth-order valence-corrected chi connectivity index (χ4v) is 2.99. The highest BCUT2D eigenvalue weighted by Gasteiger charge is 2.15. The first-order valence-electron chi connectivity index (χ1n) is 8.41. The maximum atomic E-state index is 12.6. The lowest BCUT2D eigenvalue weighted by Crippen LogP contribution is -2.14. The number of aryl methyl sites for hydroxylation is 2. The summed E-state index contributed by atoms with van der Waals surface area (Å²) in [7, 11) is 1.63. The van der Waals surface area contributed by atoms with Crippen LogP contribution in [0.2, 0.25) is 0 Å². The number of rotatable bonds is 4. The van der Waals surface area contributed by atoms with Crippen molar-refractivity contribution in [3.05, 3.63) is 58.5 Å². The lowest BCUT2D eigenvalue weighted by atomic mass is 10.1. The van der Waals surface area contributed by atoms with Crippen molar-refractivity contribution in [3.63, 3.8) is 0 Å². The molecule has 0 unspecified atom stereocenters. The lowest BCUT2D eigenvalue weighted by Gasteiger charge is -2.02. The molecule has 0 bridgehead atoms. The standard InChI is InChI=1S/C19H19N5O2/c1-4-23-10-9-15(21-23)16-11-17(25)24-19(20-16)12(2)18(22-24)13-5-7-14(26-3)8-6-13/h5-11,22H,4H2,1-3H3. The summed E-state index contributed by atoms with van der Waals surface area (Å²) in [5.41, 5.74) is 4.43. The van der Waals surface area contributed by atoms with Gasteiger partial charge in [0.1, 0.15) is 11.4 Å². The van der Waals surface area contributed by atoms with E-state index in [1.165, 1.54) is 10.6 Å². The summed E-state index contributed by atoms with van der Waals surface area (Å²) in [6.07, 6.45) is 1.88. The van der Waals surface area contributed by atoms with Crippen LogP contribution in [-0.4, -0.2) is 31.5 Å². The van der Waals surface area contributed by atoms with Crippen LogP contribution in [0.1, 0.15) is 12.5 Å². The molecule has 0 aliphatic carbocycles. The number of methoxy groups -OCH3 is 1. The molecule has 7 heteroatoms. The zero-order valence-electron chi connectivity index (χ0n) is 14.9. The number of nitrogens with one attached hydrogen (secondary N) is 1. The van der Waals surface area contributed by atoms with Gasteiger partial charge in [0.15, 0.2) is 5.65 Å². The van der Waals surface area contributed by atoms with E-state index in [0.29, 0.717) is 17.0 Å². The van der Waals surface area contributed by atoms with Crippen LogP contribution < -0.4 is 10.3 Å². The van der Waals surface area contributed by atoms with Gasteiger partial charge in [-0.25, -0.2) is 9.50 Å². The molecule has 0 fully saturated rings. The maximum Gasteiger partial charge on any atom is 0.273 e. The number of fused-ring (bicyclic) bond motifs is 1. The van der Waals surface area contributed by atoms with Crippen molar-refractivity contribution in [1.82, 2.24) is 24.4 Å². The third kappa shape index (κ3) is 2.57. The van der Waals surface area contributed by atoms with E-state index in [9.17, 15) is 4.79 Å². The van der Waals surface area contributed by atoms with Gasteiger partial charge in [-0.05, 0) is 44.2 Å². The van der Waals surface area contributed by atoms with Crippen molar-refractivity contribution in [2.45, 2.75) is 20.4 Å². The summed E-state index contributed by atoms with van der Waals surface area (Å²) in [5, 5.41) is 7.60. The number of H-pyrrole nitrogens is 1. The summed E-state index contributed by atoms with van der Waals surface area (Å²) >= 11 is 0. The Morgan fingerprint density at radius 2 is 1.92 bits per heavy atom. The first-order chi connectivity index (χ1) is 12.6. The topological polar surface area (TPSA) is 77.2 Å². The Hall–Kier alpha value is -3.35. The number of aromatic amines is 1. The van der Waals surface area contributed by atoms with E-state index in [-0.39, 0.29) is 5.56 Å². The SMILES string of the molecule is CCn1ccc(-c2cc(=O)n3[nH]c(-c4ccc(OC)cc4)c(C)c3n2)n1. The minimum Gasteiger partial charge on any atom is -0.497 e. The van der Waals surface area contributed by atoms with Crippen LogP contribution in [-0.2, 0) is 6.54 Å². The van der Waals surface area contributed by atoms with Crippen molar-refractivity contribution >= 4 is 5.65 Å². The number of benzene rings is 1. The fourth-order valence-electron chi connectivity index (χ4n) is 2.99. The molecule has 0 aliphatic rings. The van der Waals surface area contributed by atoms with Gasteiger partial charge in [-0.1, -0.05) is 0 Å². The molecule has 0 radical (unpaired) electrons. The molecule has 0 saturated carbocycles. The maximum absolute atomic E-state index is 12.6. The molecule has 132 valence electrons. The van der Waals surface area contributed by atoms with E-state index in [4.69, 9.17) is 4.74 Å². The van der Waals surface area contributed by atoms with Gasteiger partial charge in [-0.3, -0.25) is 14.6 Å². The van der Waals surface area contributed by atoms with Crippen molar-refractivity contribution in [2.75, 3.05) is 7.11 Å². The molecule has 0 saturated heterocycles. The third-order valence-corrected chi connectivity index (χ3v) is 4.46. The van der Waals surface area contributed by atoms with Crippen LogP contribution in [0.5, 0.6) is 5.75 Å². The number of aromatic nitrogens is 5. The monoisotopic (exact) mass is 349 g/mol. The van der Waals surface area contributed by atoms with Gasteiger partial charge >= 0.3 is 0 Å². The highest BCUT2D eigenvalue weighted by molar-refractivity contribution is 5.71. The molecule has 26 heavy (non-hydrogen) atoms. The Labute approximate surface area is 149 Å². The predicted octanol–water partition coefficient (Wildman–Crippen LogP) is 2.89. The van der Waals surface area contributed by atoms with E-state index in [1.54, 1.807) is 7.11 Å². The van der Waals surface area contributed by atoms with E-state index < -0.39 is 0 Å². The predicted molar refractivity (Wildman–Crippen MR) is 99.4 cm³/mol. The minimum absolute atomic E-state index is 0.168. The second-order valence-corrected chi connectivity index (χ2v) is 6.04. The smallest absolute Gasteiger partial charge is 0.273 e. The summed E-state index contributed by atoms with van der Waals surface area (Å²) in [6.45, 7) is 4.73. The molecule has 1 N–H and O–H groups in total. The molecular formula is C19H19N5O2. The Morgan fingerprint density at radius 3 is 2.58 bits per heavy atom. The zero-order chi connectivity index (χ0) is 18.3. The van der Waals surface area contributed by atoms with Crippen molar-refractivity contribution < 1.29 is 4.74 Å². The summed E-state index contributed by atoms with van der Waals surface area (Å²) in [6, 6.07) is 11.0. The van der Waals surface area contributed by atoms with Crippen LogP contribution >= 0.6 is 0 Å². The zero-order valence-corrected chi connectivity index (χ0v) is 14.9. The van der Waals surface area contributed by atoms with E-state index >= 15 is 0 Å². The summed E-state index contributed by atoms with van der Waals surface area (Å²) in [4.78, 5) is 17.2. The van der Waals surface area contributed by atoms with Crippen LogP contribution in [0.4, 0.5) is 0 Å². The van der Waals surface area contributed by atoms with Gasteiger partial charge in [0.05, 0.1) is 18.5 Å². The molecule has 0 amide bonds. The molecule has 1 aromatic carbocycles. The molecule has 3 aromatic heterocycles. The molecule has 4 aromatic rings. The lowest BCUT2D eigenvalue weighted by molar-refractivity contribution is 0.415. The normalized spacial score (nSPS) is 11.2. The quantitative estimate of drug-likeness (QED) is 0.614. The molecule has 7 nitrogen and oxygen atoms in total. The average Bonchev–Trinajstić information content (AvgIpc) is 3.27. The molecule has 0 aliphatic heterocycles. The van der Waals surface area contributed by atoms with Crippen LogP contribution in [0.25, 0.3) is 28.3 Å². The minimum atomic E-state index is -0.168. The fraction of sp³-hybridized carbons (Fsp3) is 0.211. The third-order valence-electron chi connectivity index (χ3n) is 4.46. The van der Waals surface area contributed by atoms with Crippen molar-refractivity contribution in [2.24, 2.45) is 0 Å². The van der Waals surface area contributed by atoms with Gasteiger partial charge < -0.3 is 4.74 Å². The van der Waals surface area contributed by atoms with Gasteiger partial charge in [0, 0.05) is 29.9 Å². The van der Waals surface area contributed by atoms with Crippen LogP contribution in [0, 0.1) is 6.92 Å². The van der Waals surface area contributed by atoms with Crippen LogP contribution in [0.3, 0.4) is 0 Å². The van der Waals surface area contributed by atoms with E-state index in [2.05, 4.69) is 15.2 Å². The van der Waals surface area contributed by atoms with Gasteiger partial charge in [-0.2, -0.15) is 5.10 Å². The molecule has 0 spiro atoms. The first kappa shape index (κ1) is 16.1. The Bertz CT molecular complexity index is 1140. The van der Waals surface area contributed by atoms with Crippen molar-refractivity contribution in [3.8, 4) is 28.4 Å². The summed E-state index contributed by atoms with van der Waals surface area (Å²) in [5.74, 6) is 0.784. The summed E-state index contributed by atoms with van der Waals surface area (Å²) < 4.78 is 8.48. The van der Waals surface area contributed by atoms with E-state index in [1.807, 2.05) is 55.1 Å². The largest absolute Gasteiger partial charge is 0.497 e. The molecule has 3 heterocycles.